The predicted molar refractivity (Wildman–Crippen MR) is 53.6 cm³/mol. The van der Waals surface area contributed by atoms with Crippen LogP contribution in [0.4, 0.5) is 0 Å². The van der Waals surface area contributed by atoms with Gasteiger partial charge in [0.05, 0.1) is 10.4 Å². The quantitative estimate of drug-likeness (QED) is 0.894. The average molecular weight is 251 g/mol. The molecule has 12 heavy (non-hydrogen) atoms. The molecule has 0 radical (unpaired) electrons. The normalized spacial score (nSPS) is 13.3. The van der Waals surface area contributed by atoms with Crippen LogP contribution in [-0.4, -0.2) is 18.8 Å². The molecule has 1 heterocycles. The molecular formula is C8H11BrO2S. The third kappa shape index (κ3) is 2.29. The largest absolute Gasteiger partial charge is 0.385 e. The van der Waals surface area contributed by atoms with Gasteiger partial charge in [0.2, 0.25) is 0 Å². The molecular weight excluding hydrogens is 240 g/mol. The summed E-state index contributed by atoms with van der Waals surface area (Å²) in [6.45, 7) is 2.36. The molecule has 0 aliphatic rings. The third-order valence-electron chi connectivity index (χ3n) is 1.53. The molecule has 0 aromatic carbocycles. The van der Waals surface area contributed by atoms with Crippen molar-refractivity contribution in [2.24, 2.45) is 0 Å². The van der Waals surface area contributed by atoms with Gasteiger partial charge in [0, 0.05) is 12.0 Å². The van der Waals surface area contributed by atoms with Gasteiger partial charge in [-0.25, -0.2) is 0 Å². The van der Waals surface area contributed by atoms with Gasteiger partial charge in [-0.15, -0.1) is 11.3 Å². The van der Waals surface area contributed by atoms with Crippen molar-refractivity contribution in [2.45, 2.75) is 13.0 Å². The van der Waals surface area contributed by atoms with E-state index in [0.717, 1.165) is 14.2 Å². The number of methoxy groups -OCH3 is 1. The Bertz CT molecular complexity index is 240. The van der Waals surface area contributed by atoms with Crippen molar-refractivity contribution in [2.75, 3.05) is 13.7 Å². The predicted octanol–water partition coefficient (Wildman–Crippen LogP) is 2.50. The molecule has 0 saturated heterocycles. The zero-order valence-electron chi connectivity index (χ0n) is 7.00. The maximum Gasteiger partial charge on any atom is 0.111 e. The molecule has 1 aromatic rings. The van der Waals surface area contributed by atoms with Gasteiger partial charge in [-0.05, 0) is 34.5 Å². The van der Waals surface area contributed by atoms with E-state index >= 15 is 0 Å². The van der Waals surface area contributed by atoms with E-state index in [1.54, 1.807) is 18.4 Å². The first kappa shape index (κ1) is 10.2. The Morgan fingerprint density at radius 1 is 1.75 bits per heavy atom. The van der Waals surface area contributed by atoms with E-state index in [-0.39, 0.29) is 0 Å². The summed E-state index contributed by atoms with van der Waals surface area (Å²) in [6, 6.07) is 1.97. The number of ether oxygens (including phenoxy) is 1. The van der Waals surface area contributed by atoms with Crippen LogP contribution in [0, 0.1) is 6.92 Å². The Balaban J connectivity index is 2.74. The average Bonchev–Trinajstić information content (AvgIpc) is 2.33. The van der Waals surface area contributed by atoms with Gasteiger partial charge in [-0.1, -0.05) is 0 Å². The van der Waals surface area contributed by atoms with E-state index in [1.165, 1.54) is 0 Å². The number of hydrogen-bond donors (Lipinski definition) is 1. The summed E-state index contributed by atoms with van der Waals surface area (Å²) in [6.07, 6.45) is -0.495. The summed E-state index contributed by atoms with van der Waals surface area (Å²) in [4.78, 5) is 0.946. The fraction of sp³-hybridized carbons (Fsp3) is 0.500. The molecule has 0 saturated carbocycles. The summed E-state index contributed by atoms with van der Waals surface area (Å²) in [5.41, 5.74) is 1.16. The summed E-state index contributed by atoms with van der Waals surface area (Å²) >= 11 is 4.95. The lowest BCUT2D eigenvalue weighted by atomic mass is 10.2. The number of hydrogen-bond acceptors (Lipinski definition) is 3. The van der Waals surface area contributed by atoms with Crippen LogP contribution in [0.2, 0.25) is 0 Å². The molecule has 1 N–H and O–H groups in total. The van der Waals surface area contributed by atoms with E-state index in [9.17, 15) is 5.11 Å². The number of aliphatic hydroxyl groups excluding tert-OH is 1. The highest BCUT2D eigenvalue weighted by Gasteiger charge is 2.11. The molecule has 4 heteroatoms. The molecule has 0 amide bonds. The van der Waals surface area contributed by atoms with E-state index in [0.29, 0.717) is 6.61 Å². The lowest BCUT2D eigenvalue weighted by molar-refractivity contribution is 0.0666. The monoisotopic (exact) mass is 250 g/mol. The van der Waals surface area contributed by atoms with E-state index in [1.807, 2.05) is 13.0 Å². The van der Waals surface area contributed by atoms with Crippen LogP contribution in [0.15, 0.2) is 9.85 Å². The second-order valence-corrected chi connectivity index (χ2v) is 4.98. The van der Waals surface area contributed by atoms with Crippen molar-refractivity contribution in [3.8, 4) is 0 Å². The molecule has 0 aliphatic heterocycles. The van der Waals surface area contributed by atoms with Crippen molar-refractivity contribution >= 4 is 27.3 Å². The Morgan fingerprint density at radius 2 is 2.42 bits per heavy atom. The van der Waals surface area contributed by atoms with Crippen LogP contribution in [0.25, 0.3) is 0 Å². The first-order valence-corrected chi connectivity index (χ1v) is 5.19. The number of thiophene rings is 1. The highest BCUT2D eigenvalue weighted by molar-refractivity contribution is 9.11. The summed E-state index contributed by atoms with van der Waals surface area (Å²) in [7, 11) is 1.58. The molecule has 0 spiro atoms. The Kier molecular flexibility index (Phi) is 3.71. The third-order valence-corrected chi connectivity index (χ3v) is 3.77. The first-order chi connectivity index (χ1) is 5.65. The highest BCUT2D eigenvalue weighted by atomic mass is 79.9. The summed E-state index contributed by atoms with van der Waals surface area (Å²) in [5.74, 6) is 0. The number of aryl methyl sites for hydroxylation is 1. The van der Waals surface area contributed by atoms with E-state index < -0.39 is 6.10 Å². The van der Waals surface area contributed by atoms with Crippen molar-refractivity contribution < 1.29 is 9.84 Å². The zero-order valence-corrected chi connectivity index (χ0v) is 9.41. The second kappa shape index (κ2) is 4.37. The Labute approximate surface area is 84.3 Å². The molecule has 1 rings (SSSR count). The molecule has 0 bridgehead atoms. The van der Waals surface area contributed by atoms with Gasteiger partial charge >= 0.3 is 0 Å². The van der Waals surface area contributed by atoms with Crippen molar-refractivity contribution in [1.29, 1.82) is 0 Å². The number of halogens is 1. The minimum atomic E-state index is -0.495. The number of rotatable bonds is 3. The van der Waals surface area contributed by atoms with Crippen LogP contribution in [0.5, 0.6) is 0 Å². The minimum absolute atomic E-state index is 0.354. The summed E-state index contributed by atoms with van der Waals surface area (Å²) in [5, 5.41) is 9.52. The fourth-order valence-electron chi connectivity index (χ4n) is 0.888. The second-order valence-electron chi connectivity index (χ2n) is 2.58. The molecule has 1 unspecified atom stereocenters. The first-order valence-electron chi connectivity index (χ1n) is 3.58. The van der Waals surface area contributed by atoms with Crippen molar-refractivity contribution in [3.05, 3.63) is 20.3 Å². The Hall–Kier alpha value is 0.1000. The minimum Gasteiger partial charge on any atom is -0.385 e. The molecule has 0 aliphatic carbocycles. The fourth-order valence-corrected chi connectivity index (χ4v) is 2.43. The van der Waals surface area contributed by atoms with E-state index in [2.05, 4.69) is 15.9 Å². The van der Waals surface area contributed by atoms with Crippen LogP contribution in [0.1, 0.15) is 16.5 Å². The van der Waals surface area contributed by atoms with E-state index in [4.69, 9.17) is 4.74 Å². The molecule has 68 valence electrons. The Morgan fingerprint density at radius 3 is 2.83 bits per heavy atom. The smallest absolute Gasteiger partial charge is 0.111 e. The topological polar surface area (TPSA) is 29.5 Å². The number of aliphatic hydroxyl groups is 1. The molecule has 0 fully saturated rings. The highest BCUT2D eigenvalue weighted by Crippen LogP contribution is 2.31. The van der Waals surface area contributed by atoms with Gasteiger partial charge in [0.1, 0.15) is 6.10 Å². The van der Waals surface area contributed by atoms with Crippen LogP contribution in [0.3, 0.4) is 0 Å². The summed E-state index contributed by atoms with van der Waals surface area (Å²) < 4.78 is 5.93. The van der Waals surface area contributed by atoms with Crippen LogP contribution >= 0.6 is 27.3 Å². The van der Waals surface area contributed by atoms with Gasteiger partial charge in [0.25, 0.3) is 0 Å². The van der Waals surface area contributed by atoms with Gasteiger partial charge < -0.3 is 9.84 Å². The molecule has 1 aromatic heterocycles. The zero-order chi connectivity index (χ0) is 9.14. The maximum absolute atomic E-state index is 9.52. The van der Waals surface area contributed by atoms with Crippen LogP contribution in [-0.2, 0) is 4.74 Å². The van der Waals surface area contributed by atoms with Crippen LogP contribution < -0.4 is 0 Å². The van der Waals surface area contributed by atoms with Gasteiger partial charge in [0.15, 0.2) is 0 Å². The standard InChI is InChI=1S/C8H11BrO2S/c1-5-3-7(12-8(5)9)6(10)4-11-2/h3,6,10H,4H2,1-2H3. The SMILES string of the molecule is COCC(O)c1cc(C)c(Br)s1. The van der Waals surface area contributed by atoms with Gasteiger partial charge in [-0.3, -0.25) is 0 Å². The lowest BCUT2D eigenvalue weighted by Crippen LogP contribution is -2.02. The van der Waals surface area contributed by atoms with Crippen molar-refractivity contribution in [3.63, 3.8) is 0 Å². The molecule has 2 nitrogen and oxygen atoms in total. The van der Waals surface area contributed by atoms with Crippen molar-refractivity contribution in [1.82, 2.24) is 0 Å². The lowest BCUT2D eigenvalue weighted by Gasteiger charge is -2.05. The molecule has 1 atom stereocenters. The van der Waals surface area contributed by atoms with Gasteiger partial charge in [-0.2, -0.15) is 0 Å². The maximum atomic E-state index is 9.52.